The van der Waals surface area contributed by atoms with Crippen LogP contribution in [0.25, 0.3) is 0 Å². The van der Waals surface area contributed by atoms with Crippen LogP contribution in [0.1, 0.15) is 12.7 Å². The lowest BCUT2D eigenvalue weighted by Crippen LogP contribution is -2.52. The quantitative estimate of drug-likeness (QED) is 0.916. The first-order chi connectivity index (χ1) is 11.5. The van der Waals surface area contributed by atoms with Crippen LogP contribution in [0.3, 0.4) is 0 Å². The molecule has 1 N–H and O–H groups in total. The van der Waals surface area contributed by atoms with Crippen molar-refractivity contribution < 1.29 is 9.18 Å². The summed E-state index contributed by atoms with van der Waals surface area (Å²) in [5.41, 5.74) is 0.481. The molecule has 0 spiro atoms. The Labute approximate surface area is 144 Å². The van der Waals surface area contributed by atoms with Crippen LogP contribution in [0.4, 0.5) is 15.2 Å². The van der Waals surface area contributed by atoms with Crippen LogP contribution in [0.2, 0.25) is 0 Å². The molecule has 1 unspecified atom stereocenters. The smallest absolute Gasteiger partial charge is 0.241 e. The molecule has 0 bridgehead atoms. The molecule has 128 valence electrons. The minimum absolute atomic E-state index is 0.124. The van der Waals surface area contributed by atoms with E-state index < -0.39 is 0 Å². The second kappa shape index (κ2) is 7.23. The highest BCUT2D eigenvalue weighted by Gasteiger charge is 2.26. The molecule has 3 rings (SSSR count). The Morgan fingerprint density at radius 2 is 2.08 bits per heavy atom. The maximum absolute atomic E-state index is 13.2. The highest BCUT2D eigenvalue weighted by molar-refractivity contribution is 7.09. The molecule has 2 aromatic rings. The number of aryl methyl sites for hydroxylation is 1. The highest BCUT2D eigenvalue weighted by Crippen LogP contribution is 2.19. The maximum atomic E-state index is 13.2. The summed E-state index contributed by atoms with van der Waals surface area (Å²) in [5, 5.41) is 3.71. The molecule has 24 heavy (non-hydrogen) atoms. The number of aromatic nitrogens is 2. The van der Waals surface area contributed by atoms with Crippen molar-refractivity contribution in [3.63, 3.8) is 0 Å². The zero-order chi connectivity index (χ0) is 17.1. The maximum Gasteiger partial charge on any atom is 0.241 e. The van der Waals surface area contributed by atoms with Crippen molar-refractivity contribution in [3.8, 4) is 0 Å². The summed E-state index contributed by atoms with van der Waals surface area (Å²) < 4.78 is 17.4. The van der Waals surface area contributed by atoms with Gasteiger partial charge in [-0.25, -0.2) is 9.37 Å². The average molecular weight is 349 g/mol. The summed E-state index contributed by atoms with van der Waals surface area (Å²) in [4.78, 5) is 21.1. The normalized spacial score (nSPS) is 16.9. The number of halogens is 1. The summed E-state index contributed by atoms with van der Waals surface area (Å²) in [5.74, 6) is 0.308. The van der Waals surface area contributed by atoms with Gasteiger partial charge in [-0.2, -0.15) is 4.37 Å². The van der Waals surface area contributed by atoms with Gasteiger partial charge in [-0.05, 0) is 32.0 Å². The number of carbonyl (C=O) groups is 1. The van der Waals surface area contributed by atoms with E-state index in [-0.39, 0.29) is 17.8 Å². The van der Waals surface area contributed by atoms with Gasteiger partial charge in [0.1, 0.15) is 11.6 Å². The third-order valence-electron chi connectivity index (χ3n) is 4.12. The fraction of sp³-hybridized carbons (Fsp3) is 0.438. The van der Waals surface area contributed by atoms with Crippen LogP contribution in [0, 0.1) is 12.7 Å². The van der Waals surface area contributed by atoms with Crippen LogP contribution in [0.5, 0.6) is 0 Å². The Morgan fingerprint density at radius 1 is 1.33 bits per heavy atom. The highest BCUT2D eigenvalue weighted by atomic mass is 32.1. The van der Waals surface area contributed by atoms with Crippen LogP contribution in [-0.4, -0.2) is 52.4 Å². The summed E-state index contributed by atoms with van der Waals surface area (Å²) in [6, 6.07) is 5.67. The van der Waals surface area contributed by atoms with E-state index in [1.165, 1.54) is 23.7 Å². The van der Waals surface area contributed by atoms with E-state index in [4.69, 9.17) is 0 Å². The zero-order valence-corrected chi connectivity index (χ0v) is 14.5. The molecule has 1 atom stereocenters. The van der Waals surface area contributed by atoms with Crippen molar-refractivity contribution in [2.75, 3.05) is 36.4 Å². The number of rotatable bonds is 4. The van der Waals surface area contributed by atoms with Gasteiger partial charge in [0.15, 0.2) is 0 Å². The van der Waals surface area contributed by atoms with Crippen molar-refractivity contribution in [1.29, 1.82) is 0 Å². The molecule has 1 aliphatic rings. The lowest BCUT2D eigenvalue weighted by Gasteiger charge is -2.37. The Kier molecular flexibility index (Phi) is 5.06. The van der Waals surface area contributed by atoms with E-state index in [0.29, 0.717) is 5.69 Å². The monoisotopic (exact) mass is 349 g/mol. The standard InChI is InChI=1S/C16H20FN5OS/c1-11(15(23)19-14-5-3-4-13(17)10-14)21-6-8-22(9-7-21)16-18-12(2)20-24-16/h3-5,10-11H,6-9H2,1-2H3,(H,19,23). The number of nitrogens with one attached hydrogen (secondary N) is 1. The first-order valence-corrected chi connectivity index (χ1v) is 8.66. The Morgan fingerprint density at radius 3 is 2.71 bits per heavy atom. The molecule has 1 fully saturated rings. The van der Waals surface area contributed by atoms with Crippen molar-refractivity contribution in [1.82, 2.24) is 14.3 Å². The van der Waals surface area contributed by atoms with Gasteiger partial charge in [0.2, 0.25) is 11.0 Å². The van der Waals surface area contributed by atoms with Gasteiger partial charge in [-0.15, -0.1) is 0 Å². The molecule has 0 saturated carbocycles. The van der Waals surface area contributed by atoms with Crippen LogP contribution in [-0.2, 0) is 4.79 Å². The van der Waals surface area contributed by atoms with E-state index in [1.807, 2.05) is 13.8 Å². The zero-order valence-electron chi connectivity index (χ0n) is 13.7. The van der Waals surface area contributed by atoms with Gasteiger partial charge in [0, 0.05) is 43.4 Å². The molecule has 1 aliphatic heterocycles. The molecule has 1 amide bonds. The third-order valence-corrected chi connectivity index (χ3v) is 4.99. The van der Waals surface area contributed by atoms with Gasteiger partial charge in [0.25, 0.3) is 0 Å². The van der Waals surface area contributed by atoms with Crippen molar-refractivity contribution in [2.45, 2.75) is 19.9 Å². The molecule has 1 saturated heterocycles. The van der Waals surface area contributed by atoms with Crippen molar-refractivity contribution >= 4 is 28.3 Å². The third kappa shape index (κ3) is 3.88. The number of hydrogen-bond donors (Lipinski definition) is 1. The molecule has 8 heteroatoms. The number of hydrogen-bond acceptors (Lipinski definition) is 6. The molecule has 0 aliphatic carbocycles. The molecular weight excluding hydrogens is 329 g/mol. The number of amides is 1. The largest absolute Gasteiger partial charge is 0.344 e. The Balaban J connectivity index is 1.54. The number of carbonyl (C=O) groups excluding carboxylic acids is 1. The van der Waals surface area contributed by atoms with Gasteiger partial charge >= 0.3 is 0 Å². The van der Waals surface area contributed by atoms with Gasteiger partial charge < -0.3 is 10.2 Å². The number of benzene rings is 1. The summed E-state index contributed by atoms with van der Waals surface area (Å²) in [7, 11) is 0. The van der Waals surface area contributed by atoms with Crippen LogP contribution in [0.15, 0.2) is 24.3 Å². The molecule has 1 aromatic carbocycles. The fourth-order valence-corrected chi connectivity index (χ4v) is 3.42. The summed E-state index contributed by atoms with van der Waals surface area (Å²) in [6.07, 6.45) is 0. The fourth-order valence-electron chi connectivity index (χ4n) is 2.69. The van der Waals surface area contributed by atoms with E-state index in [9.17, 15) is 9.18 Å². The lowest BCUT2D eigenvalue weighted by molar-refractivity contribution is -0.120. The second-order valence-corrected chi connectivity index (χ2v) is 6.55. The van der Waals surface area contributed by atoms with Crippen LogP contribution >= 0.6 is 11.5 Å². The predicted molar refractivity (Wildman–Crippen MR) is 92.9 cm³/mol. The molecular formula is C16H20FN5OS. The van der Waals surface area contributed by atoms with Crippen molar-refractivity contribution in [3.05, 3.63) is 35.9 Å². The van der Waals surface area contributed by atoms with Gasteiger partial charge in [-0.3, -0.25) is 9.69 Å². The second-order valence-electron chi connectivity index (χ2n) is 5.82. The molecule has 6 nitrogen and oxygen atoms in total. The predicted octanol–water partition coefficient (Wildman–Crippen LogP) is 2.13. The topological polar surface area (TPSA) is 61.4 Å². The summed E-state index contributed by atoms with van der Waals surface area (Å²) >= 11 is 1.41. The minimum Gasteiger partial charge on any atom is -0.344 e. The number of nitrogens with zero attached hydrogens (tertiary/aromatic N) is 4. The van der Waals surface area contributed by atoms with E-state index in [1.54, 1.807) is 12.1 Å². The number of piperazine rings is 1. The SMILES string of the molecule is Cc1nsc(N2CCN(C(C)C(=O)Nc3cccc(F)c3)CC2)n1. The first-order valence-electron chi connectivity index (χ1n) is 7.88. The Bertz CT molecular complexity index is 714. The average Bonchev–Trinajstić information content (AvgIpc) is 3.01. The molecule has 2 heterocycles. The van der Waals surface area contributed by atoms with Crippen LogP contribution < -0.4 is 10.2 Å². The minimum atomic E-state index is -0.360. The summed E-state index contributed by atoms with van der Waals surface area (Å²) in [6.45, 7) is 6.93. The molecule has 0 radical (unpaired) electrons. The lowest BCUT2D eigenvalue weighted by atomic mass is 10.2. The van der Waals surface area contributed by atoms with E-state index in [2.05, 4.69) is 24.5 Å². The first kappa shape index (κ1) is 16.8. The molecule has 1 aromatic heterocycles. The number of anilines is 2. The van der Waals surface area contributed by atoms with Gasteiger partial charge in [0.05, 0.1) is 6.04 Å². The Hall–Kier alpha value is -2.06. The van der Waals surface area contributed by atoms with E-state index in [0.717, 1.165) is 37.1 Å². The van der Waals surface area contributed by atoms with Crippen molar-refractivity contribution in [2.24, 2.45) is 0 Å². The van der Waals surface area contributed by atoms with E-state index >= 15 is 0 Å². The van der Waals surface area contributed by atoms with Gasteiger partial charge in [-0.1, -0.05) is 6.07 Å².